The van der Waals surface area contributed by atoms with Crippen LogP contribution >= 0.6 is 0 Å². The zero-order valence-electron chi connectivity index (χ0n) is 15.2. The van der Waals surface area contributed by atoms with E-state index in [-0.39, 0.29) is 5.91 Å². The number of benzene rings is 1. The van der Waals surface area contributed by atoms with Crippen molar-refractivity contribution >= 4 is 5.91 Å². The van der Waals surface area contributed by atoms with Gasteiger partial charge in [0.1, 0.15) is 5.69 Å². The van der Waals surface area contributed by atoms with Crippen molar-refractivity contribution in [1.82, 2.24) is 19.9 Å². The molecular formula is C21H24N4O. The first-order valence-corrected chi connectivity index (χ1v) is 8.91. The average Bonchev–Trinajstić information content (AvgIpc) is 3.11. The lowest BCUT2D eigenvalue weighted by Crippen LogP contribution is -2.28. The molecule has 3 aromatic rings. The number of imidazole rings is 1. The maximum atomic E-state index is 12.2. The van der Waals surface area contributed by atoms with Gasteiger partial charge in [-0.25, -0.2) is 4.98 Å². The predicted molar refractivity (Wildman–Crippen MR) is 103 cm³/mol. The van der Waals surface area contributed by atoms with E-state index in [4.69, 9.17) is 0 Å². The molecule has 0 aliphatic carbocycles. The van der Waals surface area contributed by atoms with E-state index in [1.807, 2.05) is 41.1 Å². The number of amides is 1. The van der Waals surface area contributed by atoms with E-state index in [1.54, 1.807) is 12.4 Å². The Morgan fingerprint density at radius 1 is 1.08 bits per heavy atom. The molecule has 0 spiro atoms. The Bertz CT molecular complexity index is 838. The first kappa shape index (κ1) is 17.9. The topological polar surface area (TPSA) is 59.8 Å². The van der Waals surface area contributed by atoms with Crippen molar-refractivity contribution in [3.63, 3.8) is 0 Å². The highest BCUT2D eigenvalue weighted by Crippen LogP contribution is 2.15. The third-order valence-corrected chi connectivity index (χ3v) is 4.30. The number of aromatic nitrogens is 3. The molecule has 0 unspecified atom stereocenters. The van der Waals surface area contributed by atoms with Crippen LogP contribution < -0.4 is 5.32 Å². The van der Waals surface area contributed by atoms with Gasteiger partial charge in [-0.3, -0.25) is 9.78 Å². The number of carbonyl (C=O) groups excluding carboxylic acids is 1. The normalized spacial score (nSPS) is 10.9. The van der Waals surface area contributed by atoms with Crippen LogP contribution in [-0.4, -0.2) is 27.0 Å². The van der Waals surface area contributed by atoms with E-state index in [2.05, 4.69) is 41.3 Å². The molecule has 0 fully saturated rings. The standard InChI is InChI=1S/C21H24N4O/c1-16(2)18-8-6-17(7-9-18)15-20(26)23-11-13-25-14-12-24-21(25)19-5-3-4-10-22-19/h3-10,12,14,16H,11,13,15H2,1-2H3,(H,23,26). The number of nitrogens with zero attached hydrogens (tertiary/aromatic N) is 3. The Morgan fingerprint density at radius 3 is 2.58 bits per heavy atom. The molecule has 0 atom stereocenters. The molecule has 0 aliphatic heterocycles. The van der Waals surface area contributed by atoms with Crippen molar-refractivity contribution in [2.24, 2.45) is 0 Å². The lowest BCUT2D eigenvalue weighted by molar-refractivity contribution is -0.120. The van der Waals surface area contributed by atoms with E-state index >= 15 is 0 Å². The minimum absolute atomic E-state index is 0.0294. The quantitative estimate of drug-likeness (QED) is 0.712. The second-order valence-electron chi connectivity index (χ2n) is 6.58. The number of pyridine rings is 1. The fourth-order valence-corrected chi connectivity index (χ4v) is 2.80. The molecule has 2 heterocycles. The molecule has 134 valence electrons. The molecule has 0 saturated heterocycles. The van der Waals surface area contributed by atoms with Crippen molar-refractivity contribution in [3.8, 4) is 11.5 Å². The van der Waals surface area contributed by atoms with Crippen LogP contribution in [0, 0.1) is 0 Å². The Morgan fingerprint density at radius 2 is 1.88 bits per heavy atom. The lowest BCUT2D eigenvalue weighted by atomic mass is 10.0. The number of nitrogens with one attached hydrogen (secondary N) is 1. The molecule has 0 bridgehead atoms. The van der Waals surface area contributed by atoms with E-state index in [0.29, 0.717) is 25.4 Å². The van der Waals surface area contributed by atoms with Gasteiger partial charge in [0.15, 0.2) is 5.82 Å². The van der Waals surface area contributed by atoms with Gasteiger partial charge in [-0.2, -0.15) is 0 Å². The van der Waals surface area contributed by atoms with Gasteiger partial charge in [0.05, 0.1) is 6.42 Å². The molecule has 1 amide bonds. The van der Waals surface area contributed by atoms with Crippen molar-refractivity contribution in [3.05, 3.63) is 72.2 Å². The van der Waals surface area contributed by atoms with E-state index in [1.165, 1.54) is 5.56 Å². The van der Waals surface area contributed by atoms with Gasteiger partial charge in [0.2, 0.25) is 5.91 Å². The summed E-state index contributed by atoms with van der Waals surface area (Å²) in [4.78, 5) is 20.9. The van der Waals surface area contributed by atoms with Crippen molar-refractivity contribution in [2.75, 3.05) is 6.54 Å². The number of hydrogen-bond acceptors (Lipinski definition) is 3. The number of hydrogen-bond donors (Lipinski definition) is 1. The average molecular weight is 348 g/mol. The maximum absolute atomic E-state index is 12.2. The minimum atomic E-state index is 0.0294. The minimum Gasteiger partial charge on any atom is -0.354 e. The van der Waals surface area contributed by atoms with Gasteiger partial charge in [0, 0.05) is 31.7 Å². The molecule has 5 nitrogen and oxygen atoms in total. The summed E-state index contributed by atoms with van der Waals surface area (Å²) in [7, 11) is 0. The summed E-state index contributed by atoms with van der Waals surface area (Å²) in [5.41, 5.74) is 3.15. The van der Waals surface area contributed by atoms with Crippen LogP contribution in [0.2, 0.25) is 0 Å². The summed E-state index contributed by atoms with van der Waals surface area (Å²) < 4.78 is 2.00. The maximum Gasteiger partial charge on any atom is 0.224 e. The van der Waals surface area contributed by atoms with Crippen LogP contribution in [0.4, 0.5) is 0 Å². The van der Waals surface area contributed by atoms with Gasteiger partial charge in [-0.05, 0) is 29.2 Å². The third-order valence-electron chi connectivity index (χ3n) is 4.30. The molecule has 0 aliphatic rings. The zero-order chi connectivity index (χ0) is 18.4. The van der Waals surface area contributed by atoms with Crippen LogP contribution in [0.3, 0.4) is 0 Å². The van der Waals surface area contributed by atoms with Gasteiger partial charge in [0.25, 0.3) is 0 Å². The van der Waals surface area contributed by atoms with Crippen molar-refractivity contribution in [2.45, 2.75) is 32.7 Å². The zero-order valence-corrected chi connectivity index (χ0v) is 15.2. The molecule has 2 aromatic heterocycles. The Hall–Kier alpha value is -2.95. The highest BCUT2D eigenvalue weighted by Gasteiger charge is 2.08. The van der Waals surface area contributed by atoms with Gasteiger partial charge < -0.3 is 9.88 Å². The summed E-state index contributed by atoms with van der Waals surface area (Å²) in [6, 6.07) is 14.0. The highest BCUT2D eigenvalue weighted by molar-refractivity contribution is 5.78. The number of rotatable bonds is 7. The Balaban J connectivity index is 1.51. The fourth-order valence-electron chi connectivity index (χ4n) is 2.80. The van der Waals surface area contributed by atoms with Crippen molar-refractivity contribution < 1.29 is 4.79 Å². The van der Waals surface area contributed by atoms with Crippen LogP contribution in [0.1, 0.15) is 30.9 Å². The SMILES string of the molecule is CC(C)c1ccc(CC(=O)NCCn2ccnc2-c2ccccn2)cc1. The van der Waals surface area contributed by atoms with Gasteiger partial charge in [-0.15, -0.1) is 0 Å². The summed E-state index contributed by atoms with van der Waals surface area (Å²) in [5, 5.41) is 2.98. The highest BCUT2D eigenvalue weighted by atomic mass is 16.1. The summed E-state index contributed by atoms with van der Waals surface area (Å²) in [6.45, 7) is 5.54. The molecule has 1 aromatic carbocycles. The number of carbonyl (C=O) groups is 1. The van der Waals surface area contributed by atoms with Crippen molar-refractivity contribution in [1.29, 1.82) is 0 Å². The molecular weight excluding hydrogens is 324 g/mol. The smallest absolute Gasteiger partial charge is 0.224 e. The Labute approximate surface area is 154 Å². The second-order valence-corrected chi connectivity index (χ2v) is 6.58. The largest absolute Gasteiger partial charge is 0.354 e. The van der Waals surface area contributed by atoms with Crippen LogP contribution in [-0.2, 0) is 17.8 Å². The first-order chi connectivity index (χ1) is 12.6. The van der Waals surface area contributed by atoms with Gasteiger partial charge in [-0.1, -0.05) is 44.2 Å². The Kier molecular flexibility index (Phi) is 5.79. The van der Waals surface area contributed by atoms with Gasteiger partial charge >= 0.3 is 0 Å². The molecule has 26 heavy (non-hydrogen) atoms. The fraction of sp³-hybridized carbons (Fsp3) is 0.286. The van der Waals surface area contributed by atoms with E-state index in [0.717, 1.165) is 17.1 Å². The molecule has 5 heteroatoms. The first-order valence-electron chi connectivity index (χ1n) is 8.91. The monoisotopic (exact) mass is 348 g/mol. The molecule has 0 radical (unpaired) electrons. The van der Waals surface area contributed by atoms with Crippen LogP contribution in [0.15, 0.2) is 61.1 Å². The van der Waals surface area contributed by atoms with Crippen LogP contribution in [0.25, 0.3) is 11.5 Å². The summed E-state index contributed by atoms with van der Waals surface area (Å²) in [6.07, 6.45) is 5.80. The lowest BCUT2D eigenvalue weighted by Gasteiger charge is -2.10. The summed E-state index contributed by atoms with van der Waals surface area (Å²) in [5.74, 6) is 1.34. The molecule has 3 rings (SSSR count). The predicted octanol–water partition coefficient (Wildman–Crippen LogP) is 3.43. The second kappa shape index (κ2) is 8.43. The molecule has 1 N–H and O–H groups in total. The van der Waals surface area contributed by atoms with E-state index in [9.17, 15) is 4.79 Å². The third kappa shape index (κ3) is 4.57. The van der Waals surface area contributed by atoms with Crippen LogP contribution in [0.5, 0.6) is 0 Å². The van der Waals surface area contributed by atoms with E-state index < -0.39 is 0 Å². The summed E-state index contributed by atoms with van der Waals surface area (Å²) >= 11 is 0. The molecule has 0 saturated carbocycles.